The number of fused-ring (bicyclic) bond motifs is 13. The summed E-state index contributed by atoms with van der Waals surface area (Å²) in [5.74, 6) is 0.664. The van der Waals surface area contributed by atoms with Crippen LogP contribution in [-0.4, -0.2) is 19.1 Å². The van der Waals surface area contributed by atoms with E-state index >= 15 is 0 Å². The van der Waals surface area contributed by atoms with Crippen LogP contribution in [0.1, 0.15) is 0 Å². The lowest BCUT2D eigenvalue weighted by Gasteiger charge is -2.14. The van der Waals surface area contributed by atoms with Gasteiger partial charge in [0.05, 0.1) is 33.3 Å². The lowest BCUT2D eigenvalue weighted by atomic mass is 9.93. The maximum absolute atomic E-state index is 5.40. The number of aromatic nitrogens is 4. The summed E-state index contributed by atoms with van der Waals surface area (Å²) in [6, 6.07) is 60.5. The first-order valence-corrected chi connectivity index (χ1v) is 17.0. The fourth-order valence-corrected chi connectivity index (χ4v) is 8.27. The highest BCUT2D eigenvalue weighted by molar-refractivity contribution is 6.38. The van der Waals surface area contributed by atoms with Gasteiger partial charge < -0.3 is 4.57 Å². The van der Waals surface area contributed by atoms with Gasteiger partial charge in [-0.15, -0.1) is 0 Å². The number of nitrogens with zero attached hydrogens (tertiary/aromatic N) is 4. The summed E-state index contributed by atoms with van der Waals surface area (Å²) in [5.41, 5.74) is 8.64. The van der Waals surface area contributed by atoms with E-state index in [-0.39, 0.29) is 0 Å². The molecule has 0 unspecified atom stereocenters. The molecule has 3 aromatic heterocycles. The van der Waals surface area contributed by atoms with Crippen LogP contribution in [0.15, 0.2) is 170 Å². The van der Waals surface area contributed by atoms with E-state index in [0.29, 0.717) is 5.95 Å². The zero-order chi connectivity index (χ0) is 32.8. The van der Waals surface area contributed by atoms with Crippen LogP contribution in [0.3, 0.4) is 0 Å². The minimum absolute atomic E-state index is 0.664. The lowest BCUT2D eigenvalue weighted by Crippen LogP contribution is -2.04. The van der Waals surface area contributed by atoms with E-state index in [9.17, 15) is 0 Å². The van der Waals surface area contributed by atoms with Crippen molar-refractivity contribution in [3.05, 3.63) is 170 Å². The first-order valence-electron chi connectivity index (χ1n) is 17.0. The largest absolute Gasteiger partial charge is 0.309 e. The van der Waals surface area contributed by atoms with Gasteiger partial charge in [0.1, 0.15) is 0 Å². The molecule has 4 nitrogen and oxygen atoms in total. The second-order valence-corrected chi connectivity index (χ2v) is 12.9. The van der Waals surface area contributed by atoms with Gasteiger partial charge in [-0.3, -0.25) is 4.57 Å². The van der Waals surface area contributed by atoms with Crippen molar-refractivity contribution in [1.29, 1.82) is 0 Å². The fraction of sp³-hybridized carbons (Fsp3) is 0. The molecule has 0 aliphatic carbocycles. The molecule has 0 N–H and O–H groups in total. The van der Waals surface area contributed by atoms with Gasteiger partial charge in [0.2, 0.25) is 5.95 Å². The summed E-state index contributed by atoms with van der Waals surface area (Å²) in [7, 11) is 0. The molecule has 232 valence electrons. The van der Waals surface area contributed by atoms with Crippen LogP contribution in [0.5, 0.6) is 0 Å². The van der Waals surface area contributed by atoms with Crippen molar-refractivity contribution in [2.75, 3.05) is 0 Å². The second-order valence-electron chi connectivity index (χ2n) is 12.9. The Hall–Kier alpha value is -6.78. The Morgan fingerprint density at radius 2 is 0.900 bits per heavy atom. The van der Waals surface area contributed by atoms with Crippen LogP contribution in [0.25, 0.3) is 99.0 Å². The van der Waals surface area contributed by atoms with Crippen LogP contribution in [0.4, 0.5) is 0 Å². The molecule has 0 aliphatic heterocycles. The van der Waals surface area contributed by atoms with Crippen molar-refractivity contribution < 1.29 is 0 Å². The number of rotatable bonds is 3. The summed E-state index contributed by atoms with van der Waals surface area (Å²) < 4.78 is 4.71. The maximum Gasteiger partial charge on any atom is 0.235 e. The first-order chi connectivity index (χ1) is 24.8. The van der Waals surface area contributed by atoms with Crippen LogP contribution in [0.2, 0.25) is 0 Å². The second kappa shape index (κ2) is 10.4. The Kier molecular flexibility index (Phi) is 5.63. The van der Waals surface area contributed by atoms with Gasteiger partial charge >= 0.3 is 0 Å². The molecule has 0 amide bonds. The highest BCUT2D eigenvalue weighted by Crippen LogP contribution is 2.46. The Labute approximate surface area is 287 Å². The zero-order valence-electron chi connectivity index (χ0n) is 27.0. The lowest BCUT2D eigenvalue weighted by molar-refractivity contribution is 1.02. The van der Waals surface area contributed by atoms with E-state index in [2.05, 4.69) is 173 Å². The molecule has 11 rings (SSSR count). The minimum atomic E-state index is 0.664. The molecule has 8 aromatic carbocycles. The molecule has 0 spiro atoms. The van der Waals surface area contributed by atoms with Crippen LogP contribution < -0.4 is 0 Å². The number of benzene rings is 8. The highest BCUT2D eigenvalue weighted by atomic mass is 15.2. The van der Waals surface area contributed by atoms with Crippen LogP contribution in [-0.2, 0) is 0 Å². The normalized spacial score (nSPS) is 12.0. The van der Waals surface area contributed by atoms with Gasteiger partial charge in [-0.05, 0) is 47.2 Å². The molecule has 0 saturated carbocycles. The van der Waals surface area contributed by atoms with Crippen molar-refractivity contribution >= 4 is 76.1 Å². The summed E-state index contributed by atoms with van der Waals surface area (Å²) >= 11 is 0. The van der Waals surface area contributed by atoms with Crippen molar-refractivity contribution in [3.63, 3.8) is 0 Å². The van der Waals surface area contributed by atoms with Crippen molar-refractivity contribution in [1.82, 2.24) is 19.1 Å². The Bertz CT molecular complexity index is 3140. The SMILES string of the molecule is c1ccc(-c2nc(-n3c4ccccc4c4c5ccccc5c5c(ccc6c5c5ccccc5n6-c5ccccc5)c43)nc3ccccc23)cc1. The van der Waals surface area contributed by atoms with E-state index in [0.717, 1.165) is 38.9 Å². The molecule has 0 radical (unpaired) electrons. The standard InChI is InChI=1S/C46H28N4/c1-3-15-29(16-4-1)44-33-21-9-12-24-37(33)47-46(48-44)50-39-26-14-10-22-34(39)42-32-20-8-7-19-31(32)41-36(45(42)50)27-28-40-43(41)35-23-11-13-25-38(35)49(40)30-17-5-2-6-18-30/h1-28H. The van der Waals surface area contributed by atoms with Gasteiger partial charge in [0.25, 0.3) is 0 Å². The van der Waals surface area contributed by atoms with Crippen LogP contribution >= 0.6 is 0 Å². The van der Waals surface area contributed by atoms with Gasteiger partial charge in [0, 0.05) is 49.0 Å². The van der Waals surface area contributed by atoms with Crippen molar-refractivity contribution in [2.45, 2.75) is 0 Å². The first kappa shape index (κ1) is 27.2. The third kappa shape index (κ3) is 3.70. The quantitative estimate of drug-likeness (QED) is 0.181. The Balaban J connectivity index is 1.37. The molecule has 4 heteroatoms. The van der Waals surface area contributed by atoms with Crippen molar-refractivity contribution in [3.8, 4) is 22.9 Å². The molecule has 0 bridgehead atoms. The number of para-hydroxylation sites is 4. The summed E-state index contributed by atoms with van der Waals surface area (Å²) in [6.07, 6.45) is 0. The smallest absolute Gasteiger partial charge is 0.235 e. The number of hydrogen-bond donors (Lipinski definition) is 0. The molecule has 0 atom stereocenters. The molecule has 0 saturated heterocycles. The average Bonchev–Trinajstić information content (AvgIpc) is 3.72. The van der Waals surface area contributed by atoms with E-state index in [1.807, 2.05) is 6.07 Å². The van der Waals surface area contributed by atoms with Gasteiger partial charge in [-0.25, -0.2) is 9.97 Å². The van der Waals surface area contributed by atoms with Crippen LogP contribution in [0, 0.1) is 0 Å². The molecule has 11 aromatic rings. The summed E-state index contributed by atoms with van der Waals surface area (Å²) in [4.78, 5) is 10.7. The van der Waals surface area contributed by atoms with E-state index in [4.69, 9.17) is 9.97 Å². The Morgan fingerprint density at radius 3 is 1.64 bits per heavy atom. The molecule has 3 heterocycles. The summed E-state index contributed by atoms with van der Waals surface area (Å²) in [5, 5.41) is 10.8. The van der Waals surface area contributed by atoms with E-state index < -0.39 is 0 Å². The number of hydrogen-bond acceptors (Lipinski definition) is 2. The molecular weight excluding hydrogens is 609 g/mol. The Morgan fingerprint density at radius 1 is 0.340 bits per heavy atom. The minimum Gasteiger partial charge on any atom is -0.309 e. The summed E-state index contributed by atoms with van der Waals surface area (Å²) in [6.45, 7) is 0. The predicted molar refractivity (Wildman–Crippen MR) is 209 cm³/mol. The van der Waals surface area contributed by atoms with Crippen molar-refractivity contribution in [2.24, 2.45) is 0 Å². The van der Waals surface area contributed by atoms with Gasteiger partial charge in [0.15, 0.2) is 0 Å². The predicted octanol–water partition coefficient (Wildman–Crippen LogP) is 11.8. The maximum atomic E-state index is 5.40. The third-order valence-corrected chi connectivity index (χ3v) is 10.3. The van der Waals surface area contributed by atoms with E-state index in [1.165, 1.54) is 54.1 Å². The van der Waals surface area contributed by atoms with E-state index in [1.54, 1.807) is 0 Å². The molecule has 0 fully saturated rings. The monoisotopic (exact) mass is 636 g/mol. The third-order valence-electron chi connectivity index (χ3n) is 10.3. The highest BCUT2D eigenvalue weighted by Gasteiger charge is 2.24. The zero-order valence-corrected chi connectivity index (χ0v) is 27.0. The van der Waals surface area contributed by atoms with Gasteiger partial charge in [-0.2, -0.15) is 0 Å². The fourth-order valence-electron chi connectivity index (χ4n) is 8.27. The molecule has 0 aliphatic rings. The molecular formula is C46H28N4. The van der Waals surface area contributed by atoms with Gasteiger partial charge in [-0.1, -0.05) is 133 Å². The average molecular weight is 637 g/mol. The molecule has 50 heavy (non-hydrogen) atoms. The topological polar surface area (TPSA) is 35.6 Å².